The van der Waals surface area contributed by atoms with Crippen LogP contribution in [0.15, 0.2) is 109 Å². The first-order valence-corrected chi connectivity index (χ1v) is 12.4. The highest BCUT2D eigenvalue weighted by Crippen LogP contribution is 2.36. The SMILES string of the molecule is CCC(=C(c1ccc(C=CC(=O)O)cc1)c1ccc2[nH]ncc2c1)c1ccc(Cc2ccccc2)cc1. The van der Waals surface area contributed by atoms with Crippen LogP contribution in [0.1, 0.15) is 46.7 Å². The zero-order valence-electron chi connectivity index (χ0n) is 20.7. The van der Waals surface area contributed by atoms with Gasteiger partial charge in [-0.05, 0) is 75.6 Å². The smallest absolute Gasteiger partial charge is 0.328 e. The summed E-state index contributed by atoms with van der Waals surface area (Å²) in [6, 6.07) is 33.8. The highest BCUT2D eigenvalue weighted by molar-refractivity contribution is 6.00. The molecule has 0 fully saturated rings. The summed E-state index contributed by atoms with van der Waals surface area (Å²) in [5.74, 6) is -0.956. The molecular weight excluding hydrogens is 456 g/mol. The van der Waals surface area contributed by atoms with Crippen molar-refractivity contribution in [1.82, 2.24) is 10.2 Å². The Morgan fingerprint density at radius 1 is 0.838 bits per heavy atom. The molecule has 0 aliphatic heterocycles. The quantitative estimate of drug-likeness (QED) is 0.176. The topological polar surface area (TPSA) is 66.0 Å². The first kappa shape index (κ1) is 24.0. The Morgan fingerprint density at radius 3 is 2.22 bits per heavy atom. The third-order valence-electron chi connectivity index (χ3n) is 6.56. The van der Waals surface area contributed by atoms with Crippen molar-refractivity contribution in [2.45, 2.75) is 19.8 Å². The summed E-state index contributed by atoms with van der Waals surface area (Å²) in [5.41, 5.74) is 10.2. The van der Waals surface area contributed by atoms with Crippen molar-refractivity contribution in [2.24, 2.45) is 0 Å². The number of aromatic nitrogens is 2. The van der Waals surface area contributed by atoms with Crippen LogP contribution in [0.4, 0.5) is 0 Å². The van der Waals surface area contributed by atoms with E-state index in [1.165, 1.54) is 22.3 Å². The fourth-order valence-corrected chi connectivity index (χ4v) is 4.72. The van der Waals surface area contributed by atoms with Crippen molar-refractivity contribution in [3.05, 3.63) is 143 Å². The predicted octanol–water partition coefficient (Wildman–Crippen LogP) is 7.62. The van der Waals surface area contributed by atoms with Gasteiger partial charge in [0.1, 0.15) is 0 Å². The average molecular weight is 485 g/mol. The number of benzene rings is 4. The van der Waals surface area contributed by atoms with Gasteiger partial charge in [-0.2, -0.15) is 5.10 Å². The van der Waals surface area contributed by atoms with Crippen LogP contribution in [-0.2, 0) is 11.2 Å². The van der Waals surface area contributed by atoms with E-state index in [0.717, 1.165) is 52.1 Å². The van der Waals surface area contributed by atoms with Crippen LogP contribution in [0.5, 0.6) is 0 Å². The minimum atomic E-state index is -0.956. The molecule has 4 aromatic carbocycles. The number of carbonyl (C=O) groups is 1. The third kappa shape index (κ3) is 5.60. The van der Waals surface area contributed by atoms with E-state index in [2.05, 4.69) is 96.0 Å². The monoisotopic (exact) mass is 484 g/mol. The standard InChI is InChI=1S/C33H28N2O2/c1-2-30(26-13-10-25(11-14-26)20-24-6-4-3-5-7-24)33(28-17-18-31-29(21-28)22-34-35-31)27-15-8-23(9-16-27)12-19-32(36)37/h3-19,21-22H,2,20H2,1H3,(H,34,35)(H,36,37). The zero-order valence-corrected chi connectivity index (χ0v) is 20.7. The Morgan fingerprint density at radius 2 is 1.51 bits per heavy atom. The van der Waals surface area contributed by atoms with Crippen LogP contribution in [0.25, 0.3) is 28.1 Å². The number of allylic oxidation sites excluding steroid dienone is 1. The molecule has 0 atom stereocenters. The molecule has 4 nitrogen and oxygen atoms in total. The second-order valence-corrected chi connectivity index (χ2v) is 9.03. The molecule has 5 rings (SSSR count). The molecule has 4 heteroatoms. The van der Waals surface area contributed by atoms with Crippen LogP contribution in [0, 0.1) is 0 Å². The van der Waals surface area contributed by atoms with Crippen molar-refractivity contribution in [3.63, 3.8) is 0 Å². The lowest BCUT2D eigenvalue weighted by Gasteiger charge is -2.17. The highest BCUT2D eigenvalue weighted by atomic mass is 16.4. The number of nitrogens with one attached hydrogen (secondary N) is 1. The Labute approximate surface area is 216 Å². The van der Waals surface area contributed by atoms with E-state index in [0.29, 0.717) is 0 Å². The maximum Gasteiger partial charge on any atom is 0.328 e. The van der Waals surface area contributed by atoms with Crippen molar-refractivity contribution >= 4 is 34.1 Å². The van der Waals surface area contributed by atoms with Gasteiger partial charge in [-0.1, -0.05) is 91.9 Å². The summed E-state index contributed by atoms with van der Waals surface area (Å²) >= 11 is 0. The molecule has 0 spiro atoms. The van der Waals surface area contributed by atoms with Gasteiger partial charge in [0.25, 0.3) is 0 Å². The molecule has 0 aliphatic carbocycles. The summed E-state index contributed by atoms with van der Waals surface area (Å²) in [6.07, 6.45) is 6.38. The summed E-state index contributed by atoms with van der Waals surface area (Å²) in [6.45, 7) is 2.19. The molecule has 37 heavy (non-hydrogen) atoms. The second kappa shape index (κ2) is 10.9. The van der Waals surface area contributed by atoms with Crippen LogP contribution < -0.4 is 0 Å². The molecule has 0 aliphatic rings. The first-order valence-electron chi connectivity index (χ1n) is 12.4. The van der Waals surface area contributed by atoms with Gasteiger partial charge >= 0.3 is 5.97 Å². The fraction of sp³-hybridized carbons (Fsp3) is 0.0909. The molecule has 0 saturated heterocycles. The van der Waals surface area contributed by atoms with Gasteiger partial charge in [0.2, 0.25) is 0 Å². The van der Waals surface area contributed by atoms with Gasteiger partial charge in [-0.15, -0.1) is 0 Å². The molecule has 2 N–H and O–H groups in total. The molecular formula is C33H28N2O2. The molecule has 0 saturated carbocycles. The Kier molecular flexibility index (Phi) is 7.09. The lowest BCUT2D eigenvalue weighted by Crippen LogP contribution is -1.96. The molecule has 5 aromatic rings. The van der Waals surface area contributed by atoms with E-state index in [-0.39, 0.29) is 0 Å². The summed E-state index contributed by atoms with van der Waals surface area (Å²) in [7, 11) is 0. The maximum absolute atomic E-state index is 10.9. The van der Waals surface area contributed by atoms with E-state index in [9.17, 15) is 4.79 Å². The molecule has 0 radical (unpaired) electrons. The average Bonchev–Trinajstić information content (AvgIpc) is 3.40. The van der Waals surface area contributed by atoms with Gasteiger partial charge in [-0.25, -0.2) is 4.79 Å². The largest absolute Gasteiger partial charge is 0.478 e. The minimum absolute atomic E-state index is 0.846. The van der Waals surface area contributed by atoms with Crippen molar-refractivity contribution in [2.75, 3.05) is 0 Å². The lowest BCUT2D eigenvalue weighted by molar-refractivity contribution is -0.131. The van der Waals surface area contributed by atoms with E-state index < -0.39 is 5.97 Å². The number of carboxylic acids is 1. The van der Waals surface area contributed by atoms with Crippen molar-refractivity contribution < 1.29 is 9.90 Å². The Balaban J connectivity index is 1.58. The number of aromatic amines is 1. The molecule has 1 aromatic heterocycles. The number of nitrogens with zero attached hydrogens (tertiary/aromatic N) is 1. The van der Waals surface area contributed by atoms with Gasteiger partial charge in [0.15, 0.2) is 0 Å². The van der Waals surface area contributed by atoms with Crippen molar-refractivity contribution in [3.8, 4) is 0 Å². The molecule has 0 unspecified atom stereocenters. The van der Waals surface area contributed by atoms with Gasteiger partial charge < -0.3 is 5.11 Å². The second-order valence-electron chi connectivity index (χ2n) is 9.03. The lowest BCUT2D eigenvalue weighted by atomic mass is 9.87. The van der Waals surface area contributed by atoms with E-state index in [1.807, 2.05) is 24.4 Å². The van der Waals surface area contributed by atoms with Crippen LogP contribution in [0.3, 0.4) is 0 Å². The van der Waals surface area contributed by atoms with Crippen LogP contribution in [-0.4, -0.2) is 21.3 Å². The first-order chi connectivity index (χ1) is 18.1. The number of H-pyrrole nitrogens is 1. The summed E-state index contributed by atoms with van der Waals surface area (Å²) < 4.78 is 0. The number of aliphatic carboxylic acids is 1. The van der Waals surface area contributed by atoms with Gasteiger partial charge in [0.05, 0.1) is 11.7 Å². The maximum atomic E-state index is 10.9. The van der Waals surface area contributed by atoms with Crippen LogP contribution in [0.2, 0.25) is 0 Å². The number of carboxylic acid groups (broad SMARTS) is 1. The Bertz CT molecular complexity index is 1580. The summed E-state index contributed by atoms with van der Waals surface area (Å²) in [5, 5.41) is 17.3. The number of hydrogen-bond donors (Lipinski definition) is 2. The van der Waals surface area contributed by atoms with E-state index >= 15 is 0 Å². The summed E-state index contributed by atoms with van der Waals surface area (Å²) in [4.78, 5) is 10.9. The fourth-order valence-electron chi connectivity index (χ4n) is 4.72. The molecule has 0 bridgehead atoms. The zero-order chi connectivity index (χ0) is 25.6. The van der Waals surface area contributed by atoms with E-state index in [4.69, 9.17) is 5.11 Å². The Hall–Kier alpha value is -4.70. The normalized spacial score (nSPS) is 12.1. The third-order valence-corrected chi connectivity index (χ3v) is 6.56. The number of hydrogen-bond acceptors (Lipinski definition) is 2. The van der Waals surface area contributed by atoms with Crippen molar-refractivity contribution in [1.29, 1.82) is 0 Å². The van der Waals surface area contributed by atoms with E-state index in [1.54, 1.807) is 6.08 Å². The predicted molar refractivity (Wildman–Crippen MR) is 151 cm³/mol. The van der Waals surface area contributed by atoms with Crippen LogP contribution >= 0.6 is 0 Å². The van der Waals surface area contributed by atoms with Gasteiger partial charge in [0, 0.05) is 11.5 Å². The van der Waals surface area contributed by atoms with Gasteiger partial charge in [-0.3, -0.25) is 5.10 Å². The molecule has 182 valence electrons. The number of fused-ring (bicyclic) bond motifs is 1. The molecule has 1 heterocycles. The highest BCUT2D eigenvalue weighted by Gasteiger charge is 2.14. The minimum Gasteiger partial charge on any atom is -0.478 e. The molecule has 0 amide bonds. The number of rotatable bonds is 8.